The van der Waals surface area contributed by atoms with Crippen LogP contribution in [0.25, 0.3) is 0 Å². The number of hydrogen-bond acceptors (Lipinski definition) is 6. The lowest BCUT2D eigenvalue weighted by molar-refractivity contribution is 0.0846. The number of benzene rings is 2. The monoisotopic (exact) mass is 407 g/mol. The summed E-state index contributed by atoms with van der Waals surface area (Å²) in [5, 5.41) is 2.63. The zero-order valence-electron chi connectivity index (χ0n) is 15.6. The van der Waals surface area contributed by atoms with Crippen LogP contribution in [0.3, 0.4) is 0 Å². The molecular weight excluding hydrogens is 390 g/mol. The maximum absolute atomic E-state index is 12.4. The van der Waals surface area contributed by atoms with Gasteiger partial charge in [-0.05, 0) is 48.5 Å². The van der Waals surface area contributed by atoms with E-state index in [0.29, 0.717) is 36.0 Å². The van der Waals surface area contributed by atoms with Crippen LogP contribution in [-0.2, 0) is 0 Å². The number of rotatable bonds is 4. The van der Waals surface area contributed by atoms with Gasteiger partial charge in [0.1, 0.15) is 13.2 Å². The van der Waals surface area contributed by atoms with Crippen molar-refractivity contribution in [2.45, 2.75) is 0 Å². The highest BCUT2D eigenvalue weighted by molar-refractivity contribution is 6.04. The molecule has 2 heterocycles. The first-order valence-electron chi connectivity index (χ1n) is 9.05. The van der Waals surface area contributed by atoms with Gasteiger partial charge in [0.05, 0.1) is 6.26 Å². The van der Waals surface area contributed by atoms with Crippen LogP contribution in [0, 0.1) is 0 Å². The fraction of sp³-hybridized carbons (Fsp3) is 0.0952. The fourth-order valence-corrected chi connectivity index (χ4v) is 2.78. The molecule has 3 aromatic rings. The van der Waals surface area contributed by atoms with E-state index in [0.717, 1.165) is 0 Å². The van der Waals surface area contributed by atoms with Crippen molar-refractivity contribution in [2.24, 2.45) is 0 Å². The molecule has 152 valence electrons. The van der Waals surface area contributed by atoms with Crippen LogP contribution in [-0.4, -0.2) is 30.9 Å². The summed E-state index contributed by atoms with van der Waals surface area (Å²) in [7, 11) is 0. The molecule has 0 fully saturated rings. The smallest absolute Gasteiger partial charge is 0.291 e. The highest BCUT2D eigenvalue weighted by atomic mass is 16.6. The summed E-state index contributed by atoms with van der Waals surface area (Å²) in [5.41, 5.74) is 5.65. The van der Waals surface area contributed by atoms with Gasteiger partial charge >= 0.3 is 0 Å². The van der Waals surface area contributed by atoms with Gasteiger partial charge in [-0.3, -0.25) is 25.2 Å². The van der Waals surface area contributed by atoms with Gasteiger partial charge in [-0.1, -0.05) is 6.07 Å². The summed E-state index contributed by atoms with van der Waals surface area (Å²) in [4.78, 5) is 36.7. The molecule has 0 saturated carbocycles. The second kappa shape index (κ2) is 8.39. The average Bonchev–Trinajstić information content (AvgIpc) is 3.32. The van der Waals surface area contributed by atoms with Crippen molar-refractivity contribution in [3.05, 3.63) is 77.7 Å². The Morgan fingerprint density at radius 1 is 0.733 bits per heavy atom. The molecule has 3 N–H and O–H groups in total. The molecule has 0 bridgehead atoms. The number of carbonyl (C=O) groups excluding carboxylic acids is 3. The Morgan fingerprint density at radius 2 is 1.47 bits per heavy atom. The predicted octanol–water partition coefficient (Wildman–Crippen LogP) is 2.38. The maximum Gasteiger partial charge on any atom is 0.291 e. The second-order valence-electron chi connectivity index (χ2n) is 6.28. The normalized spacial score (nSPS) is 12.0. The Kier molecular flexibility index (Phi) is 5.33. The molecule has 30 heavy (non-hydrogen) atoms. The Bertz CT molecular complexity index is 1090. The van der Waals surface area contributed by atoms with Gasteiger partial charge in [-0.25, -0.2) is 0 Å². The molecule has 3 amide bonds. The van der Waals surface area contributed by atoms with Crippen LogP contribution in [0.2, 0.25) is 0 Å². The molecule has 0 unspecified atom stereocenters. The highest BCUT2D eigenvalue weighted by Crippen LogP contribution is 2.30. The SMILES string of the molecule is O=C(NNC(=O)c1ccc2c(c1)OCCO2)c1cccc(NC(=O)c2ccco2)c1. The fourth-order valence-electron chi connectivity index (χ4n) is 2.78. The molecule has 1 aliphatic heterocycles. The minimum Gasteiger partial charge on any atom is -0.486 e. The number of nitrogens with one attached hydrogen (secondary N) is 3. The Labute approximate surface area is 170 Å². The Morgan fingerprint density at radius 3 is 2.20 bits per heavy atom. The number of furan rings is 1. The lowest BCUT2D eigenvalue weighted by Crippen LogP contribution is -2.41. The van der Waals surface area contributed by atoms with Gasteiger partial charge in [-0.15, -0.1) is 0 Å². The van der Waals surface area contributed by atoms with E-state index in [1.54, 1.807) is 42.5 Å². The van der Waals surface area contributed by atoms with E-state index in [9.17, 15) is 14.4 Å². The van der Waals surface area contributed by atoms with Crippen molar-refractivity contribution >= 4 is 23.4 Å². The third kappa shape index (κ3) is 4.25. The van der Waals surface area contributed by atoms with E-state index >= 15 is 0 Å². The number of carbonyl (C=O) groups is 3. The van der Waals surface area contributed by atoms with Gasteiger partial charge in [0.2, 0.25) is 0 Å². The van der Waals surface area contributed by atoms with Crippen LogP contribution in [0.1, 0.15) is 31.3 Å². The van der Waals surface area contributed by atoms with Crippen LogP contribution in [0.15, 0.2) is 65.3 Å². The van der Waals surface area contributed by atoms with Crippen molar-refractivity contribution in [3.63, 3.8) is 0 Å². The van der Waals surface area contributed by atoms with Gasteiger partial charge in [0, 0.05) is 16.8 Å². The quantitative estimate of drug-likeness (QED) is 0.572. The second-order valence-corrected chi connectivity index (χ2v) is 6.28. The highest BCUT2D eigenvalue weighted by Gasteiger charge is 2.16. The van der Waals surface area contributed by atoms with E-state index in [1.807, 2.05) is 0 Å². The summed E-state index contributed by atoms with van der Waals surface area (Å²) < 4.78 is 15.9. The van der Waals surface area contributed by atoms with E-state index in [2.05, 4.69) is 16.2 Å². The van der Waals surface area contributed by atoms with Gasteiger partial charge in [0.25, 0.3) is 17.7 Å². The number of anilines is 1. The summed E-state index contributed by atoms with van der Waals surface area (Å²) >= 11 is 0. The summed E-state index contributed by atoms with van der Waals surface area (Å²) in [6, 6.07) is 14.1. The molecule has 4 rings (SSSR count). The van der Waals surface area contributed by atoms with Crippen LogP contribution in [0.5, 0.6) is 11.5 Å². The zero-order chi connectivity index (χ0) is 20.9. The average molecular weight is 407 g/mol. The molecule has 0 saturated heterocycles. The van der Waals surface area contributed by atoms with Crippen molar-refractivity contribution in [3.8, 4) is 11.5 Å². The first kappa shape index (κ1) is 19.1. The van der Waals surface area contributed by atoms with Gasteiger partial charge in [-0.2, -0.15) is 0 Å². The Balaban J connectivity index is 1.37. The minimum absolute atomic E-state index is 0.150. The molecule has 0 radical (unpaired) electrons. The van der Waals surface area contributed by atoms with Crippen LogP contribution >= 0.6 is 0 Å². The third-order valence-corrected chi connectivity index (χ3v) is 4.22. The molecule has 0 atom stereocenters. The molecule has 1 aliphatic rings. The number of hydrogen-bond donors (Lipinski definition) is 3. The van der Waals surface area contributed by atoms with Crippen molar-refractivity contribution in [1.82, 2.24) is 10.9 Å². The molecule has 0 spiro atoms. The molecule has 1 aromatic heterocycles. The zero-order valence-corrected chi connectivity index (χ0v) is 15.6. The van der Waals surface area contributed by atoms with Gasteiger partial charge in [0.15, 0.2) is 17.3 Å². The standard InChI is InChI=1S/C21H17N3O6/c25-19(13-3-1-4-15(11-13)22-21(27)17-5-2-8-28-17)23-24-20(26)14-6-7-16-18(12-14)30-10-9-29-16/h1-8,11-12H,9-10H2,(H,22,27)(H,23,25)(H,24,26). The van der Waals surface area contributed by atoms with Crippen LogP contribution < -0.4 is 25.6 Å². The molecule has 9 nitrogen and oxygen atoms in total. The van der Waals surface area contributed by atoms with Crippen molar-refractivity contribution < 1.29 is 28.3 Å². The molecule has 0 aliphatic carbocycles. The summed E-state index contributed by atoms with van der Waals surface area (Å²) in [5.74, 6) is -0.311. The topological polar surface area (TPSA) is 119 Å². The van der Waals surface area contributed by atoms with Crippen molar-refractivity contribution in [1.29, 1.82) is 0 Å². The third-order valence-electron chi connectivity index (χ3n) is 4.22. The van der Waals surface area contributed by atoms with E-state index in [1.165, 1.54) is 18.4 Å². The van der Waals surface area contributed by atoms with E-state index in [4.69, 9.17) is 13.9 Å². The number of ether oxygens (including phenoxy) is 2. The van der Waals surface area contributed by atoms with Crippen molar-refractivity contribution in [2.75, 3.05) is 18.5 Å². The summed E-state index contributed by atoms with van der Waals surface area (Å²) in [6.45, 7) is 0.858. The van der Waals surface area contributed by atoms with E-state index < -0.39 is 17.7 Å². The molecule has 9 heteroatoms. The van der Waals surface area contributed by atoms with E-state index in [-0.39, 0.29) is 11.3 Å². The first-order valence-corrected chi connectivity index (χ1v) is 9.05. The number of amides is 3. The largest absolute Gasteiger partial charge is 0.486 e. The maximum atomic E-state index is 12.4. The number of hydrazine groups is 1. The van der Waals surface area contributed by atoms with Crippen LogP contribution in [0.4, 0.5) is 5.69 Å². The number of fused-ring (bicyclic) bond motifs is 1. The Hall–Kier alpha value is -4.27. The lowest BCUT2D eigenvalue weighted by Gasteiger charge is -2.18. The molecular formula is C21H17N3O6. The summed E-state index contributed by atoms with van der Waals surface area (Å²) in [6.07, 6.45) is 1.39. The predicted molar refractivity (Wildman–Crippen MR) is 105 cm³/mol. The van der Waals surface area contributed by atoms with Gasteiger partial charge < -0.3 is 19.2 Å². The first-order chi connectivity index (χ1) is 14.6. The minimum atomic E-state index is -0.546. The molecule has 2 aromatic carbocycles. The lowest BCUT2D eigenvalue weighted by atomic mass is 10.2.